The van der Waals surface area contributed by atoms with E-state index in [2.05, 4.69) is 0 Å². The molecule has 0 saturated carbocycles. The number of nitrogens with zero attached hydrogens (tertiary/aromatic N) is 1. The van der Waals surface area contributed by atoms with Crippen molar-refractivity contribution in [1.29, 1.82) is 0 Å². The molecule has 0 fully saturated rings. The standard InChI is InChI=1S/C21H23NO4/c1-14-9-11-16(12-10-14)26-15(2)20(23)22-13-5-7-17-18(21(24)25-3)6-4-8-19(17)22/h4,6,8-12,15H,5,7,13H2,1-3H3/t15-/m1/s1. The highest BCUT2D eigenvalue weighted by Gasteiger charge is 2.29. The van der Waals surface area contributed by atoms with E-state index < -0.39 is 6.10 Å². The number of anilines is 1. The Kier molecular flexibility index (Phi) is 5.26. The van der Waals surface area contributed by atoms with E-state index in [0.29, 0.717) is 17.9 Å². The van der Waals surface area contributed by atoms with E-state index in [4.69, 9.17) is 9.47 Å². The number of amides is 1. The Hall–Kier alpha value is -2.82. The maximum absolute atomic E-state index is 13.0. The van der Waals surface area contributed by atoms with Crippen LogP contribution in [0, 0.1) is 6.92 Å². The zero-order chi connectivity index (χ0) is 18.7. The van der Waals surface area contributed by atoms with E-state index in [9.17, 15) is 9.59 Å². The molecule has 2 aromatic carbocycles. The van der Waals surface area contributed by atoms with Crippen molar-refractivity contribution >= 4 is 17.6 Å². The molecule has 5 heteroatoms. The number of fused-ring (bicyclic) bond motifs is 1. The van der Waals surface area contributed by atoms with Gasteiger partial charge in [-0.25, -0.2) is 4.79 Å². The molecule has 0 bridgehead atoms. The number of hydrogen-bond acceptors (Lipinski definition) is 4. The third-order valence-corrected chi connectivity index (χ3v) is 4.60. The van der Waals surface area contributed by atoms with Crippen LogP contribution in [0.3, 0.4) is 0 Å². The Morgan fingerprint density at radius 3 is 2.54 bits per heavy atom. The molecule has 5 nitrogen and oxygen atoms in total. The monoisotopic (exact) mass is 353 g/mol. The van der Waals surface area contributed by atoms with E-state index in [-0.39, 0.29) is 11.9 Å². The van der Waals surface area contributed by atoms with Gasteiger partial charge < -0.3 is 14.4 Å². The number of rotatable bonds is 4. The Labute approximate surface area is 153 Å². The Balaban J connectivity index is 1.83. The maximum Gasteiger partial charge on any atom is 0.338 e. The molecule has 0 aliphatic carbocycles. The average Bonchev–Trinajstić information content (AvgIpc) is 2.67. The molecule has 2 aromatic rings. The Morgan fingerprint density at radius 1 is 1.12 bits per heavy atom. The molecule has 1 atom stereocenters. The summed E-state index contributed by atoms with van der Waals surface area (Å²) in [4.78, 5) is 26.7. The summed E-state index contributed by atoms with van der Waals surface area (Å²) in [5, 5.41) is 0. The van der Waals surface area contributed by atoms with E-state index in [1.54, 1.807) is 24.0 Å². The smallest absolute Gasteiger partial charge is 0.338 e. The number of methoxy groups -OCH3 is 1. The first-order valence-corrected chi connectivity index (χ1v) is 8.76. The number of benzene rings is 2. The third-order valence-electron chi connectivity index (χ3n) is 4.60. The van der Waals surface area contributed by atoms with Crippen molar-refractivity contribution in [3.8, 4) is 5.75 Å². The zero-order valence-electron chi connectivity index (χ0n) is 15.3. The van der Waals surface area contributed by atoms with Crippen LogP contribution in [0.5, 0.6) is 5.75 Å². The zero-order valence-corrected chi connectivity index (χ0v) is 15.3. The minimum absolute atomic E-state index is 0.117. The fourth-order valence-electron chi connectivity index (χ4n) is 3.25. The highest BCUT2D eigenvalue weighted by atomic mass is 16.5. The minimum Gasteiger partial charge on any atom is -0.481 e. The van der Waals surface area contributed by atoms with Gasteiger partial charge in [0.05, 0.1) is 12.7 Å². The molecule has 0 N–H and O–H groups in total. The van der Waals surface area contributed by atoms with Crippen LogP contribution in [-0.4, -0.2) is 31.6 Å². The van der Waals surface area contributed by atoms with Crippen molar-refractivity contribution in [2.45, 2.75) is 32.8 Å². The van der Waals surface area contributed by atoms with Gasteiger partial charge in [0, 0.05) is 12.2 Å². The first-order chi connectivity index (χ1) is 12.5. The molecule has 0 radical (unpaired) electrons. The quantitative estimate of drug-likeness (QED) is 0.789. The van der Waals surface area contributed by atoms with Crippen molar-refractivity contribution < 1.29 is 19.1 Å². The van der Waals surface area contributed by atoms with Crippen LogP contribution in [0.2, 0.25) is 0 Å². The van der Waals surface area contributed by atoms with Gasteiger partial charge in [-0.15, -0.1) is 0 Å². The predicted octanol–water partition coefficient (Wildman–Crippen LogP) is 3.53. The van der Waals surface area contributed by atoms with Crippen LogP contribution in [0.4, 0.5) is 5.69 Å². The summed E-state index contributed by atoms with van der Waals surface area (Å²) in [6, 6.07) is 13.0. The first kappa shape index (κ1) is 18.0. The third kappa shape index (κ3) is 3.57. The molecule has 1 amide bonds. The molecule has 26 heavy (non-hydrogen) atoms. The van der Waals surface area contributed by atoms with Gasteiger partial charge in [0.1, 0.15) is 5.75 Å². The summed E-state index contributed by atoms with van der Waals surface area (Å²) < 4.78 is 10.7. The first-order valence-electron chi connectivity index (χ1n) is 8.76. The number of esters is 1. The van der Waals surface area contributed by atoms with Gasteiger partial charge in [-0.2, -0.15) is 0 Å². The summed E-state index contributed by atoms with van der Waals surface area (Å²) in [6.07, 6.45) is 0.923. The fourth-order valence-corrected chi connectivity index (χ4v) is 3.25. The summed E-state index contributed by atoms with van der Waals surface area (Å²) in [5.41, 5.74) is 3.29. The van der Waals surface area contributed by atoms with E-state index in [0.717, 1.165) is 29.7 Å². The van der Waals surface area contributed by atoms with E-state index in [1.165, 1.54) is 7.11 Å². The summed E-state index contributed by atoms with van der Waals surface area (Å²) in [7, 11) is 1.37. The second kappa shape index (κ2) is 7.60. The fraction of sp³-hybridized carbons (Fsp3) is 0.333. The largest absolute Gasteiger partial charge is 0.481 e. The van der Waals surface area contributed by atoms with Crippen molar-refractivity contribution in [2.24, 2.45) is 0 Å². The molecular weight excluding hydrogens is 330 g/mol. The van der Waals surface area contributed by atoms with Crippen LogP contribution in [-0.2, 0) is 16.0 Å². The summed E-state index contributed by atoms with van der Waals surface area (Å²) in [6.45, 7) is 4.36. The molecular formula is C21H23NO4. The van der Waals surface area contributed by atoms with Crippen LogP contribution >= 0.6 is 0 Å². The highest BCUT2D eigenvalue weighted by Crippen LogP contribution is 2.31. The van der Waals surface area contributed by atoms with Gasteiger partial charge in [0.2, 0.25) is 0 Å². The minimum atomic E-state index is -0.620. The summed E-state index contributed by atoms with van der Waals surface area (Å²) in [5.74, 6) is 0.172. The van der Waals surface area contributed by atoms with Crippen LogP contribution < -0.4 is 9.64 Å². The van der Waals surface area contributed by atoms with Crippen molar-refractivity contribution in [2.75, 3.05) is 18.6 Å². The molecule has 0 saturated heterocycles. The van der Waals surface area contributed by atoms with Gasteiger partial charge in [-0.05, 0) is 56.5 Å². The molecule has 136 valence electrons. The summed E-state index contributed by atoms with van der Waals surface area (Å²) >= 11 is 0. The van der Waals surface area contributed by atoms with Gasteiger partial charge in [0.15, 0.2) is 6.10 Å². The lowest BCUT2D eigenvalue weighted by atomic mass is 9.96. The molecule has 0 aromatic heterocycles. The average molecular weight is 353 g/mol. The molecule has 3 rings (SSSR count). The predicted molar refractivity (Wildman–Crippen MR) is 99.7 cm³/mol. The SMILES string of the molecule is COC(=O)c1cccc2c1CCCN2C(=O)[C@@H](C)Oc1ccc(C)cc1. The number of carbonyl (C=O) groups excluding carboxylic acids is 2. The number of aryl methyl sites for hydroxylation is 1. The van der Waals surface area contributed by atoms with Crippen LogP contribution in [0.1, 0.15) is 34.8 Å². The number of carbonyl (C=O) groups is 2. The van der Waals surface area contributed by atoms with Crippen molar-refractivity contribution in [3.05, 3.63) is 59.2 Å². The Morgan fingerprint density at radius 2 is 1.85 bits per heavy atom. The van der Waals surface area contributed by atoms with Crippen LogP contribution in [0.25, 0.3) is 0 Å². The van der Waals surface area contributed by atoms with Gasteiger partial charge >= 0.3 is 5.97 Å². The lowest BCUT2D eigenvalue weighted by Crippen LogP contribution is -2.43. The Bertz CT molecular complexity index is 813. The van der Waals surface area contributed by atoms with E-state index >= 15 is 0 Å². The normalized spacial score (nSPS) is 14.3. The topological polar surface area (TPSA) is 55.8 Å². The lowest BCUT2D eigenvalue weighted by molar-refractivity contribution is -0.124. The van der Waals surface area contributed by atoms with Crippen LogP contribution in [0.15, 0.2) is 42.5 Å². The molecule has 0 spiro atoms. The second-order valence-corrected chi connectivity index (χ2v) is 6.46. The van der Waals surface area contributed by atoms with Crippen molar-refractivity contribution in [3.63, 3.8) is 0 Å². The highest BCUT2D eigenvalue weighted by molar-refractivity contribution is 6.00. The van der Waals surface area contributed by atoms with Gasteiger partial charge in [-0.1, -0.05) is 23.8 Å². The molecule has 1 aliphatic heterocycles. The number of ether oxygens (including phenoxy) is 2. The maximum atomic E-state index is 13.0. The molecule has 0 unspecified atom stereocenters. The second-order valence-electron chi connectivity index (χ2n) is 6.46. The lowest BCUT2D eigenvalue weighted by Gasteiger charge is -2.32. The number of hydrogen-bond donors (Lipinski definition) is 0. The molecule has 1 aliphatic rings. The van der Waals surface area contributed by atoms with Gasteiger partial charge in [-0.3, -0.25) is 4.79 Å². The van der Waals surface area contributed by atoms with E-state index in [1.807, 2.05) is 37.3 Å². The molecule has 1 heterocycles. The van der Waals surface area contributed by atoms with Gasteiger partial charge in [0.25, 0.3) is 5.91 Å². The van der Waals surface area contributed by atoms with Crippen molar-refractivity contribution in [1.82, 2.24) is 0 Å².